The molecule has 0 bridgehead atoms. The number of hydrogen-bond acceptors (Lipinski definition) is 2. The quantitative estimate of drug-likeness (QED) is 0.858. The number of carbonyl (C=O) groups excluding carboxylic acids is 1. The second-order valence-electron chi connectivity index (χ2n) is 5.44. The molecule has 1 N–H and O–H groups in total. The molecule has 0 fully saturated rings. The van der Waals surface area contributed by atoms with Crippen LogP contribution in [0.1, 0.15) is 17.5 Å². The number of carbonyl (C=O) groups is 1. The zero-order chi connectivity index (χ0) is 15.4. The molecule has 2 aromatic rings. The van der Waals surface area contributed by atoms with Crippen LogP contribution in [0.15, 0.2) is 48.5 Å². The van der Waals surface area contributed by atoms with E-state index in [9.17, 15) is 4.79 Å². The average molecular weight is 315 g/mol. The van der Waals surface area contributed by atoms with Crippen LogP contribution in [-0.4, -0.2) is 19.0 Å². The maximum absolute atomic E-state index is 12.3. The highest BCUT2D eigenvalue weighted by Crippen LogP contribution is 2.27. The van der Waals surface area contributed by atoms with Crippen LogP contribution in [0.25, 0.3) is 0 Å². The summed E-state index contributed by atoms with van der Waals surface area (Å²) >= 11 is 6.11. The molecular weight excluding hydrogens is 296 g/mol. The molecule has 1 aliphatic rings. The van der Waals surface area contributed by atoms with Gasteiger partial charge in [-0.3, -0.25) is 4.79 Å². The number of amides is 1. The van der Waals surface area contributed by atoms with Crippen LogP contribution >= 0.6 is 11.6 Å². The van der Waals surface area contributed by atoms with Gasteiger partial charge in [0.25, 0.3) is 0 Å². The van der Waals surface area contributed by atoms with Crippen molar-refractivity contribution in [2.75, 3.05) is 18.0 Å². The normalized spacial score (nSPS) is 13.2. The Kier molecular flexibility index (Phi) is 4.76. The van der Waals surface area contributed by atoms with E-state index >= 15 is 0 Å². The molecule has 0 unspecified atom stereocenters. The van der Waals surface area contributed by atoms with Crippen LogP contribution in [0.5, 0.6) is 0 Å². The van der Waals surface area contributed by atoms with Gasteiger partial charge in [0.2, 0.25) is 5.91 Å². The fourth-order valence-corrected chi connectivity index (χ4v) is 2.99. The molecule has 1 aliphatic heterocycles. The number of hydrogen-bond donors (Lipinski definition) is 1. The van der Waals surface area contributed by atoms with Crippen molar-refractivity contribution in [2.24, 2.45) is 0 Å². The van der Waals surface area contributed by atoms with Crippen LogP contribution in [0, 0.1) is 0 Å². The zero-order valence-corrected chi connectivity index (χ0v) is 13.1. The summed E-state index contributed by atoms with van der Waals surface area (Å²) in [7, 11) is 0. The molecule has 1 amide bonds. The molecular formula is C18H19ClN2O. The van der Waals surface area contributed by atoms with Crippen LogP contribution in [0.3, 0.4) is 0 Å². The van der Waals surface area contributed by atoms with E-state index in [0.717, 1.165) is 29.2 Å². The Morgan fingerprint density at radius 3 is 2.77 bits per heavy atom. The average Bonchev–Trinajstić information content (AvgIpc) is 2.97. The third-order valence-electron chi connectivity index (χ3n) is 3.98. The lowest BCUT2D eigenvalue weighted by atomic mass is 10.2. The minimum atomic E-state index is 0.177. The predicted octanol–water partition coefficient (Wildman–Crippen LogP) is 3.41. The van der Waals surface area contributed by atoms with Gasteiger partial charge in [0.1, 0.15) is 0 Å². The molecule has 22 heavy (non-hydrogen) atoms. The van der Waals surface area contributed by atoms with Crippen LogP contribution in [0.4, 0.5) is 5.69 Å². The van der Waals surface area contributed by atoms with Gasteiger partial charge < -0.3 is 10.2 Å². The monoisotopic (exact) mass is 314 g/mol. The van der Waals surface area contributed by atoms with Crippen molar-refractivity contribution in [3.63, 3.8) is 0 Å². The first-order chi connectivity index (χ1) is 10.8. The van der Waals surface area contributed by atoms with Crippen LogP contribution < -0.4 is 10.2 Å². The van der Waals surface area contributed by atoms with Crippen molar-refractivity contribution in [1.82, 2.24) is 5.32 Å². The van der Waals surface area contributed by atoms with Crippen molar-refractivity contribution in [2.45, 2.75) is 19.4 Å². The van der Waals surface area contributed by atoms with E-state index in [4.69, 9.17) is 11.6 Å². The number of para-hydroxylation sites is 1. The van der Waals surface area contributed by atoms with Crippen molar-refractivity contribution in [3.05, 3.63) is 64.7 Å². The van der Waals surface area contributed by atoms with Gasteiger partial charge >= 0.3 is 0 Å². The zero-order valence-electron chi connectivity index (χ0n) is 12.4. The van der Waals surface area contributed by atoms with Crippen LogP contribution in [0.2, 0.25) is 5.02 Å². The van der Waals surface area contributed by atoms with Gasteiger partial charge in [-0.05, 0) is 29.7 Å². The first-order valence-corrected chi connectivity index (χ1v) is 7.96. The Morgan fingerprint density at radius 2 is 1.91 bits per heavy atom. The summed E-state index contributed by atoms with van der Waals surface area (Å²) < 4.78 is 0. The van der Waals surface area contributed by atoms with Gasteiger partial charge in [-0.15, -0.1) is 0 Å². The topological polar surface area (TPSA) is 32.3 Å². The minimum absolute atomic E-state index is 0.177. The Morgan fingerprint density at radius 1 is 1.14 bits per heavy atom. The third-order valence-corrected chi connectivity index (χ3v) is 4.35. The lowest BCUT2D eigenvalue weighted by Crippen LogP contribution is -2.31. The fourth-order valence-electron chi connectivity index (χ4n) is 2.79. The van der Waals surface area contributed by atoms with Gasteiger partial charge in [0, 0.05) is 36.8 Å². The molecule has 0 atom stereocenters. The highest BCUT2D eigenvalue weighted by Gasteiger charge is 2.23. The predicted molar refractivity (Wildman–Crippen MR) is 90.3 cm³/mol. The summed E-state index contributed by atoms with van der Waals surface area (Å²) in [5, 5.41) is 4.05. The van der Waals surface area contributed by atoms with E-state index in [-0.39, 0.29) is 5.91 Å². The van der Waals surface area contributed by atoms with Crippen LogP contribution in [-0.2, 0) is 17.8 Å². The van der Waals surface area contributed by atoms with Gasteiger partial charge in [-0.2, -0.15) is 0 Å². The molecule has 0 aromatic heterocycles. The van der Waals surface area contributed by atoms with E-state index in [0.29, 0.717) is 19.5 Å². The number of rotatable bonds is 5. The molecule has 2 aromatic carbocycles. The SMILES string of the molecule is O=C(CCNCc1ccccc1Cl)N1CCc2ccccc21. The number of halogens is 1. The summed E-state index contributed by atoms with van der Waals surface area (Å²) in [5.74, 6) is 0.177. The van der Waals surface area contributed by atoms with E-state index in [1.807, 2.05) is 47.4 Å². The van der Waals surface area contributed by atoms with Crippen molar-refractivity contribution >= 4 is 23.2 Å². The second kappa shape index (κ2) is 6.95. The maximum Gasteiger partial charge on any atom is 0.228 e. The van der Waals surface area contributed by atoms with Gasteiger partial charge in [-0.1, -0.05) is 48.0 Å². The summed E-state index contributed by atoms with van der Waals surface area (Å²) in [6, 6.07) is 15.9. The van der Waals surface area contributed by atoms with Crippen molar-refractivity contribution in [1.29, 1.82) is 0 Å². The lowest BCUT2D eigenvalue weighted by Gasteiger charge is -2.17. The van der Waals surface area contributed by atoms with E-state index in [1.165, 1.54) is 5.56 Å². The van der Waals surface area contributed by atoms with Gasteiger partial charge in [0.05, 0.1) is 0 Å². The molecule has 0 spiro atoms. The van der Waals surface area contributed by atoms with Gasteiger partial charge in [0.15, 0.2) is 0 Å². The first kappa shape index (κ1) is 15.1. The summed E-state index contributed by atoms with van der Waals surface area (Å²) in [4.78, 5) is 14.2. The number of benzene rings is 2. The molecule has 0 aliphatic carbocycles. The number of fused-ring (bicyclic) bond motifs is 1. The number of nitrogens with zero attached hydrogens (tertiary/aromatic N) is 1. The first-order valence-electron chi connectivity index (χ1n) is 7.58. The largest absolute Gasteiger partial charge is 0.312 e. The minimum Gasteiger partial charge on any atom is -0.312 e. The Labute approximate surface area is 135 Å². The highest BCUT2D eigenvalue weighted by atomic mass is 35.5. The number of nitrogens with one attached hydrogen (secondary N) is 1. The number of anilines is 1. The summed E-state index contributed by atoms with van der Waals surface area (Å²) in [6.07, 6.45) is 1.45. The van der Waals surface area contributed by atoms with Crippen molar-refractivity contribution < 1.29 is 4.79 Å². The summed E-state index contributed by atoms with van der Waals surface area (Å²) in [6.45, 7) is 2.13. The lowest BCUT2D eigenvalue weighted by molar-refractivity contribution is -0.118. The van der Waals surface area contributed by atoms with E-state index < -0.39 is 0 Å². The summed E-state index contributed by atoms with van der Waals surface area (Å²) in [5.41, 5.74) is 3.39. The molecule has 0 saturated carbocycles. The standard InChI is InChI=1S/C18H19ClN2O/c19-16-7-3-1-6-15(16)13-20-11-9-18(22)21-12-10-14-5-2-4-8-17(14)21/h1-8,20H,9-13H2. The Balaban J connectivity index is 1.49. The fraction of sp³-hybridized carbons (Fsp3) is 0.278. The Bertz CT molecular complexity index is 672. The van der Waals surface area contributed by atoms with Gasteiger partial charge in [-0.25, -0.2) is 0 Å². The molecule has 114 valence electrons. The second-order valence-corrected chi connectivity index (χ2v) is 5.85. The highest BCUT2D eigenvalue weighted by molar-refractivity contribution is 6.31. The van der Waals surface area contributed by atoms with E-state index in [2.05, 4.69) is 11.4 Å². The molecule has 4 heteroatoms. The van der Waals surface area contributed by atoms with E-state index in [1.54, 1.807) is 0 Å². The molecule has 0 radical (unpaired) electrons. The third kappa shape index (κ3) is 3.32. The molecule has 0 saturated heterocycles. The Hall–Kier alpha value is -1.84. The molecule has 1 heterocycles. The molecule has 3 nitrogen and oxygen atoms in total. The maximum atomic E-state index is 12.3. The molecule has 3 rings (SSSR count). The smallest absolute Gasteiger partial charge is 0.228 e. The van der Waals surface area contributed by atoms with Crippen molar-refractivity contribution in [3.8, 4) is 0 Å².